The van der Waals surface area contributed by atoms with Crippen molar-refractivity contribution in [3.05, 3.63) is 77.9 Å². The molecule has 0 bridgehead atoms. The van der Waals surface area contributed by atoms with Crippen LogP contribution < -0.4 is 0 Å². The van der Waals surface area contributed by atoms with Gasteiger partial charge < -0.3 is 0 Å². The third-order valence-corrected chi connectivity index (χ3v) is 3.05. The normalized spacial score (nSPS) is 11.3. The predicted molar refractivity (Wildman–Crippen MR) is 85.9 cm³/mol. The fourth-order valence-corrected chi connectivity index (χ4v) is 1.85. The van der Waals surface area contributed by atoms with Crippen LogP contribution in [0.25, 0.3) is 5.57 Å². The van der Waals surface area contributed by atoms with Crippen LogP contribution >= 0.6 is 0 Å². The van der Waals surface area contributed by atoms with Gasteiger partial charge >= 0.3 is 0 Å². The molecular weight excluding hydrogens is 228 g/mol. The van der Waals surface area contributed by atoms with Crippen molar-refractivity contribution in [2.24, 2.45) is 0 Å². The van der Waals surface area contributed by atoms with Crippen molar-refractivity contribution in [1.29, 1.82) is 0 Å². The van der Waals surface area contributed by atoms with E-state index < -0.39 is 0 Å². The van der Waals surface area contributed by atoms with Gasteiger partial charge in [0.25, 0.3) is 0 Å². The molecule has 0 unspecified atom stereocenters. The van der Waals surface area contributed by atoms with Crippen LogP contribution in [-0.2, 0) is 6.42 Å². The standard InChI is InChI=1S/C19H20/c1-6-9-10-11-15(4)16(5)19-14-17(7-2)12-13-18(19)8-3/h2,6,9-14H,1,5,8H2,3-4H3/b10-9-,15-11+. The van der Waals surface area contributed by atoms with Gasteiger partial charge in [0, 0.05) is 5.56 Å². The smallest absolute Gasteiger partial charge is 0.0248 e. The van der Waals surface area contributed by atoms with Crippen molar-refractivity contribution >= 4 is 5.57 Å². The molecule has 0 aliphatic carbocycles. The van der Waals surface area contributed by atoms with Crippen LogP contribution in [0.15, 0.2) is 61.2 Å². The van der Waals surface area contributed by atoms with Gasteiger partial charge in [0.2, 0.25) is 0 Å². The van der Waals surface area contributed by atoms with Gasteiger partial charge in [-0.2, -0.15) is 0 Å². The zero-order valence-electron chi connectivity index (χ0n) is 11.7. The van der Waals surface area contributed by atoms with Crippen molar-refractivity contribution < 1.29 is 0 Å². The largest absolute Gasteiger partial charge is 0.115 e. The summed E-state index contributed by atoms with van der Waals surface area (Å²) in [5.74, 6) is 2.68. The van der Waals surface area contributed by atoms with Crippen LogP contribution in [0.2, 0.25) is 0 Å². The fourth-order valence-electron chi connectivity index (χ4n) is 1.85. The molecule has 0 N–H and O–H groups in total. The molecule has 0 amide bonds. The van der Waals surface area contributed by atoms with Crippen molar-refractivity contribution in [3.8, 4) is 12.3 Å². The van der Waals surface area contributed by atoms with Gasteiger partial charge in [-0.15, -0.1) is 6.42 Å². The third-order valence-electron chi connectivity index (χ3n) is 3.05. The Balaban J connectivity index is 3.18. The van der Waals surface area contributed by atoms with Crippen LogP contribution in [0.4, 0.5) is 0 Å². The second kappa shape index (κ2) is 7.24. The predicted octanol–water partition coefficient (Wildman–Crippen LogP) is 4.93. The Hall–Kier alpha value is -2.26. The first kappa shape index (κ1) is 14.8. The molecule has 96 valence electrons. The summed E-state index contributed by atoms with van der Waals surface area (Å²) in [4.78, 5) is 0. The zero-order chi connectivity index (χ0) is 14.3. The maximum atomic E-state index is 5.47. The monoisotopic (exact) mass is 248 g/mol. The Kier molecular flexibility index (Phi) is 5.64. The lowest BCUT2D eigenvalue weighted by molar-refractivity contribution is 1.13. The van der Waals surface area contributed by atoms with Crippen LogP contribution in [-0.4, -0.2) is 0 Å². The van der Waals surface area contributed by atoms with E-state index in [9.17, 15) is 0 Å². The number of aryl methyl sites for hydroxylation is 1. The van der Waals surface area contributed by atoms with Crippen LogP contribution in [0.1, 0.15) is 30.5 Å². The van der Waals surface area contributed by atoms with E-state index in [0.717, 1.165) is 28.7 Å². The van der Waals surface area contributed by atoms with Gasteiger partial charge in [-0.3, -0.25) is 0 Å². The fraction of sp³-hybridized carbons (Fsp3) is 0.158. The first-order valence-corrected chi connectivity index (χ1v) is 6.39. The minimum Gasteiger partial charge on any atom is -0.115 e. The molecule has 0 aliphatic heterocycles. The number of hydrogen-bond donors (Lipinski definition) is 0. The Morgan fingerprint density at radius 3 is 2.68 bits per heavy atom. The van der Waals surface area contributed by atoms with Crippen molar-refractivity contribution in [2.75, 3.05) is 0 Å². The molecule has 1 aromatic carbocycles. The van der Waals surface area contributed by atoms with Gasteiger partial charge in [-0.25, -0.2) is 0 Å². The minimum absolute atomic E-state index is 0.891. The Morgan fingerprint density at radius 1 is 1.37 bits per heavy atom. The van der Waals surface area contributed by atoms with E-state index in [1.807, 2.05) is 30.4 Å². The summed E-state index contributed by atoms with van der Waals surface area (Å²) in [6.07, 6.45) is 14.1. The van der Waals surface area contributed by atoms with E-state index in [4.69, 9.17) is 6.42 Å². The molecule has 0 spiro atoms. The summed E-state index contributed by atoms with van der Waals surface area (Å²) in [6.45, 7) is 12.0. The maximum Gasteiger partial charge on any atom is 0.0248 e. The average molecular weight is 248 g/mol. The molecule has 0 fully saturated rings. The van der Waals surface area contributed by atoms with Crippen molar-refractivity contribution in [3.63, 3.8) is 0 Å². The Bertz CT molecular complexity index is 575. The van der Waals surface area contributed by atoms with Gasteiger partial charge in [-0.05, 0) is 47.8 Å². The van der Waals surface area contributed by atoms with E-state index in [1.165, 1.54) is 5.56 Å². The van der Waals surface area contributed by atoms with Gasteiger partial charge in [0.1, 0.15) is 0 Å². The van der Waals surface area contributed by atoms with Crippen LogP contribution in [0.5, 0.6) is 0 Å². The second-order valence-electron chi connectivity index (χ2n) is 4.32. The number of allylic oxidation sites excluding steroid dienone is 6. The molecule has 1 rings (SSSR count). The summed E-state index contributed by atoms with van der Waals surface area (Å²) < 4.78 is 0. The van der Waals surface area contributed by atoms with Gasteiger partial charge in [0.05, 0.1) is 0 Å². The molecule has 0 aliphatic rings. The van der Waals surface area contributed by atoms with E-state index >= 15 is 0 Å². The lowest BCUT2D eigenvalue weighted by atomic mass is 9.93. The summed E-state index contributed by atoms with van der Waals surface area (Å²) >= 11 is 0. The Morgan fingerprint density at radius 2 is 2.11 bits per heavy atom. The van der Waals surface area contributed by atoms with E-state index in [1.54, 1.807) is 6.08 Å². The zero-order valence-corrected chi connectivity index (χ0v) is 11.7. The van der Waals surface area contributed by atoms with E-state index in [-0.39, 0.29) is 0 Å². The molecule has 19 heavy (non-hydrogen) atoms. The molecule has 0 saturated heterocycles. The molecule has 0 saturated carbocycles. The van der Waals surface area contributed by atoms with Crippen molar-refractivity contribution in [1.82, 2.24) is 0 Å². The first-order chi connectivity index (χ1) is 9.13. The number of hydrogen-bond acceptors (Lipinski definition) is 0. The molecule has 0 heteroatoms. The lowest BCUT2D eigenvalue weighted by Crippen LogP contribution is -1.94. The van der Waals surface area contributed by atoms with Gasteiger partial charge in [0.15, 0.2) is 0 Å². The topological polar surface area (TPSA) is 0 Å². The second-order valence-corrected chi connectivity index (χ2v) is 4.32. The average Bonchev–Trinajstić information content (AvgIpc) is 2.45. The number of rotatable bonds is 5. The highest BCUT2D eigenvalue weighted by Gasteiger charge is 2.07. The Labute approximate surface area is 116 Å². The number of benzene rings is 1. The molecule has 0 heterocycles. The molecule has 0 aromatic heterocycles. The summed E-state index contributed by atoms with van der Waals surface area (Å²) in [5, 5.41) is 0. The third kappa shape index (κ3) is 3.86. The number of terminal acetylenes is 1. The van der Waals surface area contributed by atoms with Crippen LogP contribution in [0, 0.1) is 12.3 Å². The maximum absolute atomic E-state index is 5.47. The summed E-state index contributed by atoms with van der Waals surface area (Å²) in [5.41, 5.74) is 5.44. The van der Waals surface area contributed by atoms with Gasteiger partial charge in [-0.1, -0.05) is 56.4 Å². The highest BCUT2D eigenvalue weighted by Crippen LogP contribution is 2.26. The molecule has 1 aromatic rings. The van der Waals surface area contributed by atoms with E-state index in [0.29, 0.717) is 0 Å². The lowest BCUT2D eigenvalue weighted by Gasteiger charge is -2.12. The minimum atomic E-state index is 0.891. The SMILES string of the molecule is C#Cc1ccc(CC)c(C(=C)/C(C)=C/C=C\C=C)c1. The molecular formula is C19H20. The molecule has 0 nitrogen and oxygen atoms in total. The highest BCUT2D eigenvalue weighted by molar-refractivity contribution is 5.79. The molecule has 0 radical (unpaired) electrons. The quantitative estimate of drug-likeness (QED) is 0.512. The highest BCUT2D eigenvalue weighted by atomic mass is 14.1. The summed E-state index contributed by atoms with van der Waals surface area (Å²) in [7, 11) is 0. The summed E-state index contributed by atoms with van der Waals surface area (Å²) in [6, 6.07) is 6.10. The first-order valence-electron chi connectivity index (χ1n) is 6.39. The molecule has 0 atom stereocenters. The van der Waals surface area contributed by atoms with Crippen molar-refractivity contribution in [2.45, 2.75) is 20.3 Å². The van der Waals surface area contributed by atoms with E-state index in [2.05, 4.69) is 39.0 Å². The van der Waals surface area contributed by atoms with Crippen LogP contribution in [0.3, 0.4) is 0 Å².